The molecule has 1 saturated heterocycles. The summed E-state index contributed by atoms with van der Waals surface area (Å²) in [7, 11) is 0. The summed E-state index contributed by atoms with van der Waals surface area (Å²) in [6.07, 6.45) is 1.72. The molecule has 0 radical (unpaired) electrons. The molecule has 1 amide bonds. The molecule has 0 spiro atoms. The van der Waals surface area contributed by atoms with Crippen molar-refractivity contribution in [2.45, 2.75) is 44.3 Å². The predicted molar refractivity (Wildman–Crippen MR) is 83.6 cm³/mol. The van der Waals surface area contributed by atoms with Gasteiger partial charge in [0.15, 0.2) is 0 Å². The van der Waals surface area contributed by atoms with Crippen LogP contribution < -0.4 is 0 Å². The highest BCUT2D eigenvalue weighted by atomic mass is 16.3. The molecule has 5 heteroatoms. The first kappa shape index (κ1) is 16.9. The van der Waals surface area contributed by atoms with Gasteiger partial charge in [0, 0.05) is 12.1 Å². The third kappa shape index (κ3) is 4.29. The van der Waals surface area contributed by atoms with E-state index < -0.39 is 11.2 Å². The molecule has 1 aliphatic heterocycles. The number of likely N-dealkylation sites (tertiary alicyclic amines) is 1. The van der Waals surface area contributed by atoms with Crippen molar-refractivity contribution in [1.82, 2.24) is 4.90 Å². The fraction of sp³-hybridized carbons (Fsp3) is 0.588. The second-order valence-corrected chi connectivity index (χ2v) is 6.87. The molecule has 0 bridgehead atoms. The van der Waals surface area contributed by atoms with Crippen molar-refractivity contribution in [1.29, 1.82) is 0 Å². The summed E-state index contributed by atoms with van der Waals surface area (Å²) < 4.78 is 0. The number of aliphatic hydroxyl groups is 3. The van der Waals surface area contributed by atoms with Gasteiger partial charge < -0.3 is 20.2 Å². The molecular formula is C17H25NO4. The molecule has 22 heavy (non-hydrogen) atoms. The molecule has 1 aliphatic rings. The van der Waals surface area contributed by atoms with Gasteiger partial charge in [-0.25, -0.2) is 0 Å². The molecule has 3 N–H and O–H groups in total. The smallest absolute Gasteiger partial charge is 0.253 e. The standard InChI is InChI=1S/C17H25NO4/c1-16(2,21)7-6-13-4-3-5-14(10-13)15(20)18-9-8-17(22,11-18)12-19/h3-5,10,19,21-22H,6-9,11-12H2,1-2H3/t17-/m1/s1. The maximum atomic E-state index is 12.5. The first-order chi connectivity index (χ1) is 10.2. The van der Waals surface area contributed by atoms with E-state index in [2.05, 4.69) is 0 Å². The minimum Gasteiger partial charge on any atom is -0.393 e. The lowest BCUT2D eigenvalue weighted by molar-refractivity contribution is -0.00455. The lowest BCUT2D eigenvalue weighted by atomic mass is 9.98. The Morgan fingerprint density at radius 1 is 1.41 bits per heavy atom. The third-order valence-corrected chi connectivity index (χ3v) is 4.11. The fourth-order valence-electron chi connectivity index (χ4n) is 2.65. The monoisotopic (exact) mass is 307 g/mol. The molecular weight excluding hydrogens is 282 g/mol. The number of aliphatic hydroxyl groups excluding tert-OH is 1. The van der Waals surface area contributed by atoms with Crippen molar-refractivity contribution in [2.75, 3.05) is 19.7 Å². The molecule has 5 nitrogen and oxygen atoms in total. The Morgan fingerprint density at radius 2 is 2.14 bits per heavy atom. The van der Waals surface area contributed by atoms with E-state index in [1.807, 2.05) is 18.2 Å². The van der Waals surface area contributed by atoms with Gasteiger partial charge in [-0.15, -0.1) is 0 Å². The summed E-state index contributed by atoms with van der Waals surface area (Å²) in [5.74, 6) is -0.130. The van der Waals surface area contributed by atoms with Crippen LogP contribution in [0.5, 0.6) is 0 Å². The van der Waals surface area contributed by atoms with Crippen molar-refractivity contribution in [3.05, 3.63) is 35.4 Å². The Hall–Kier alpha value is -1.43. The van der Waals surface area contributed by atoms with Crippen LogP contribution in [0.1, 0.15) is 42.6 Å². The van der Waals surface area contributed by atoms with Crippen LogP contribution in [-0.4, -0.2) is 57.0 Å². The summed E-state index contributed by atoms with van der Waals surface area (Å²) in [4.78, 5) is 14.1. The molecule has 0 aromatic heterocycles. The van der Waals surface area contributed by atoms with Gasteiger partial charge in [0.05, 0.1) is 18.8 Å². The molecule has 1 aromatic carbocycles. The topological polar surface area (TPSA) is 81.0 Å². The van der Waals surface area contributed by atoms with Gasteiger partial charge in [0.25, 0.3) is 5.91 Å². The average molecular weight is 307 g/mol. The van der Waals surface area contributed by atoms with Crippen LogP contribution >= 0.6 is 0 Å². The number of hydrogen-bond donors (Lipinski definition) is 3. The van der Waals surface area contributed by atoms with Gasteiger partial charge in [0.1, 0.15) is 5.60 Å². The lowest BCUT2D eigenvalue weighted by Gasteiger charge is -2.21. The number of aryl methyl sites for hydroxylation is 1. The summed E-state index contributed by atoms with van der Waals surface area (Å²) >= 11 is 0. The van der Waals surface area contributed by atoms with Crippen LogP contribution in [0.3, 0.4) is 0 Å². The number of carbonyl (C=O) groups excluding carboxylic acids is 1. The van der Waals surface area contributed by atoms with Crippen molar-refractivity contribution >= 4 is 5.91 Å². The van der Waals surface area contributed by atoms with Gasteiger partial charge >= 0.3 is 0 Å². The summed E-state index contributed by atoms with van der Waals surface area (Å²) in [6, 6.07) is 7.37. The van der Waals surface area contributed by atoms with E-state index in [9.17, 15) is 20.1 Å². The Balaban J connectivity index is 2.05. The molecule has 0 unspecified atom stereocenters. The molecule has 0 aliphatic carbocycles. The number of rotatable bonds is 5. The number of β-amino-alcohol motifs (C(OH)–C–C–N with tert-alkyl or cyclic N) is 1. The third-order valence-electron chi connectivity index (χ3n) is 4.11. The van der Waals surface area contributed by atoms with E-state index in [0.717, 1.165) is 5.56 Å². The molecule has 1 heterocycles. The van der Waals surface area contributed by atoms with Crippen LogP contribution in [0.2, 0.25) is 0 Å². The first-order valence-corrected chi connectivity index (χ1v) is 7.66. The normalized spacial score (nSPS) is 22.1. The van der Waals surface area contributed by atoms with E-state index in [-0.39, 0.29) is 19.1 Å². The van der Waals surface area contributed by atoms with Crippen LogP contribution in [0.15, 0.2) is 24.3 Å². The lowest BCUT2D eigenvalue weighted by Crippen LogP contribution is -2.38. The highest BCUT2D eigenvalue weighted by Gasteiger charge is 2.37. The number of amides is 1. The Kier molecular flexibility index (Phi) is 4.90. The number of benzene rings is 1. The molecule has 122 valence electrons. The van der Waals surface area contributed by atoms with E-state index >= 15 is 0 Å². The van der Waals surface area contributed by atoms with E-state index in [0.29, 0.717) is 31.4 Å². The highest BCUT2D eigenvalue weighted by Crippen LogP contribution is 2.23. The molecule has 1 aromatic rings. The molecule has 0 saturated carbocycles. The average Bonchev–Trinajstić information content (AvgIpc) is 2.87. The fourth-order valence-corrected chi connectivity index (χ4v) is 2.65. The zero-order valence-corrected chi connectivity index (χ0v) is 13.2. The maximum absolute atomic E-state index is 12.5. The van der Waals surface area contributed by atoms with Gasteiger partial charge in [0.2, 0.25) is 0 Å². The van der Waals surface area contributed by atoms with Crippen LogP contribution in [-0.2, 0) is 6.42 Å². The van der Waals surface area contributed by atoms with Gasteiger partial charge in [-0.05, 0) is 50.8 Å². The SMILES string of the molecule is CC(C)(O)CCc1cccc(C(=O)N2CC[C@](O)(CO)C2)c1. The second-order valence-electron chi connectivity index (χ2n) is 6.87. The van der Waals surface area contributed by atoms with Crippen molar-refractivity contribution < 1.29 is 20.1 Å². The Labute approximate surface area is 131 Å². The second kappa shape index (κ2) is 6.36. The van der Waals surface area contributed by atoms with Crippen LogP contribution in [0.4, 0.5) is 0 Å². The summed E-state index contributed by atoms with van der Waals surface area (Å²) in [5.41, 5.74) is -0.319. The van der Waals surface area contributed by atoms with Gasteiger partial charge in [-0.1, -0.05) is 12.1 Å². The van der Waals surface area contributed by atoms with Crippen molar-refractivity contribution in [2.24, 2.45) is 0 Å². The van der Waals surface area contributed by atoms with E-state index in [1.165, 1.54) is 0 Å². The first-order valence-electron chi connectivity index (χ1n) is 7.66. The van der Waals surface area contributed by atoms with Gasteiger partial charge in [-0.3, -0.25) is 4.79 Å². The molecule has 1 atom stereocenters. The summed E-state index contributed by atoms with van der Waals surface area (Å²) in [5, 5.41) is 29.0. The number of nitrogens with zero attached hydrogens (tertiary/aromatic N) is 1. The quantitative estimate of drug-likeness (QED) is 0.757. The van der Waals surface area contributed by atoms with E-state index in [1.54, 1.807) is 24.8 Å². The molecule has 2 rings (SSSR count). The number of hydrogen-bond acceptors (Lipinski definition) is 4. The largest absolute Gasteiger partial charge is 0.393 e. The minimum absolute atomic E-state index is 0.130. The minimum atomic E-state index is -1.17. The summed E-state index contributed by atoms with van der Waals surface area (Å²) in [6.45, 7) is 3.81. The maximum Gasteiger partial charge on any atom is 0.253 e. The Morgan fingerprint density at radius 3 is 2.73 bits per heavy atom. The van der Waals surface area contributed by atoms with Crippen LogP contribution in [0, 0.1) is 0 Å². The predicted octanol–water partition coefficient (Wildman–Crippen LogP) is 0.959. The highest BCUT2D eigenvalue weighted by molar-refractivity contribution is 5.94. The molecule has 1 fully saturated rings. The zero-order chi connectivity index (χ0) is 16.4. The number of carbonyl (C=O) groups is 1. The Bertz CT molecular complexity index is 538. The van der Waals surface area contributed by atoms with E-state index in [4.69, 9.17) is 0 Å². The van der Waals surface area contributed by atoms with Crippen molar-refractivity contribution in [3.8, 4) is 0 Å². The van der Waals surface area contributed by atoms with Crippen LogP contribution in [0.25, 0.3) is 0 Å². The van der Waals surface area contributed by atoms with Gasteiger partial charge in [-0.2, -0.15) is 0 Å². The zero-order valence-electron chi connectivity index (χ0n) is 13.2. The van der Waals surface area contributed by atoms with Crippen molar-refractivity contribution in [3.63, 3.8) is 0 Å².